The van der Waals surface area contributed by atoms with Crippen molar-refractivity contribution in [2.75, 3.05) is 20.2 Å². The Hall–Kier alpha value is -1.97. The van der Waals surface area contributed by atoms with E-state index >= 15 is 0 Å². The lowest BCUT2D eigenvalue weighted by Crippen LogP contribution is -2.26. The Morgan fingerprint density at radius 3 is 3.00 bits per heavy atom. The maximum absolute atomic E-state index is 5.54. The molecule has 0 saturated carbocycles. The van der Waals surface area contributed by atoms with Crippen LogP contribution in [0.5, 0.6) is 5.75 Å². The van der Waals surface area contributed by atoms with Crippen LogP contribution in [0.25, 0.3) is 11.0 Å². The van der Waals surface area contributed by atoms with Gasteiger partial charge in [-0.25, -0.2) is 0 Å². The lowest BCUT2D eigenvalue weighted by Gasteiger charge is -2.27. The molecule has 3 nitrogen and oxygen atoms in total. The first-order chi connectivity index (χ1) is 12.3. The molecule has 0 aliphatic heterocycles. The standard InChI is InChI=1S/C22H25NO2.ClH/c1-24-21-7-3-5-19-18(4-2-6-20(19)21)15-23-12-10-16-8-9-17-11-13-25-22(17)14-16;/h3,5,7-9,11,13-14,18,23H,2,4,6,10,12,15H2,1H3;1H. The number of rotatable bonds is 6. The normalized spacial score (nSPS) is 16.1. The van der Waals surface area contributed by atoms with Crippen LogP contribution in [0, 0.1) is 0 Å². The van der Waals surface area contributed by atoms with Gasteiger partial charge in [0.1, 0.15) is 11.3 Å². The molecule has 0 spiro atoms. The van der Waals surface area contributed by atoms with E-state index in [4.69, 9.17) is 9.15 Å². The topological polar surface area (TPSA) is 34.4 Å². The average molecular weight is 372 g/mol. The van der Waals surface area contributed by atoms with Crippen molar-refractivity contribution in [3.63, 3.8) is 0 Å². The van der Waals surface area contributed by atoms with Crippen LogP contribution < -0.4 is 10.1 Å². The molecule has 4 heteroatoms. The minimum absolute atomic E-state index is 0. The quantitative estimate of drug-likeness (QED) is 0.611. The molecule has 1 heterocycles. The fourth-order valence-corrected chi connectivity index (χ4v) is 3.98. The van der Waals surface area contributed by atoms with Crippen molar-refractivity contribution in [1.29, 1.82) is 0 Å². The molecule has 0 fully saturated rings. The molecule has 138 valence electrons. The van der Waals surface area contributed by atoms with Crippen LogP contribution in [-0.2, 0) is 12.8 Å². The number of hydrogen-bond acceptors (Lipinski definition) is 3. The second kappa shape index (κ2) is 8.61. The van der Waals surface area contributed by atoms with E-state index in [0.29, 0.717) is 5.92 Å². The molecule has 0 amide bonds. The van der Waals surface area contributed by atoms with E-state index < -0.39 is 0 Å². The number of benzene rings is 2. The first-order valence-electron chi connectivity index (χ1n) is 9.18. The Labute approximate surface area is 161 Å². The van der Waals surface area contributed by atoms with Gasteiger partial charge in [-0.05, 0) is 73.0 Å². The molecule has 26 heavy (non-hydrogen) atoms. The van der Waals surface area contributed by atoms with Crippen LogP contribution in [0.4, 0.5) is 0 Å². The van der Waals surface area contributed by atoms with E-state index in [0.717, 1.165) is 37.3 Å². The minimum Gasteiger partial charge on any atom is -0.496 e. The second-order valence-corrected chi connectivity index (χ2v) is 6.86. The predicted octanol–water partition coefficient (Wildman–Crippen LogP) is 5.12. The van der Waals surface area contributed by atoms with E-state index in [9.17, 15) is 0 Å². The largest absolute Gasteiger partial charge is 0.496 e. The van der Waals surface area contributed by atoms with Crippen molar-refractivity contribution in [1.82, 2.24) is 5.32 Å². The molecule has 1 aliphatic rings. The van der Waals surface area contributed by atoms with Gasteiger partial charge >= 0.3 is 0 Å². The van der Waals surface area contributed by atoms with E-state index in [-0.39, 0.29) is 12.4 Å². The molecular weight excluding hydrogens is 346 g/mol. The van der Waals surface area contributed by atoms with Crippen molar-refractivity contribution >= 4 is 23.4 Å². The lowest BCUT2D eigenvalue weighted by atomic mass is 9.82. The van der Waals surface area contributed by atoms with Gasteiger partial charge in [0.15, 0.2) is 0 Å². The number of ether oxygens (including phenoxy) is 1. The maximum atomic E-state index is 5.54. The zero-order valence-corrected chi connectivity index (χ0v) is 16.0. The molecule has 1 unspecified atom stereocenters. The minimum atomic E-state index is 0. The molecule has 0 radical (unpaired) electrons. The van der Waals surface area contributed by atoms with Gasteiger partial charge in [0.05, 0.1) is 13.4 Å². The van der Waals surface area contributed by atoms with Crippen molar-refractivity contribution in [3.05, 3.63) is 65.4 Å². The van der Waals surface area contributed by atoms with Crippen LogP contribution in [0.2, 0.25) is 0 Å². The summed E-state index contributed by atoms with van der Waals surface area (Å²) in [6.07, 6.45) is 6.41. The molecule has 0 bridgehead atoms. The number of hydrogen-bond donors (Lipinski definition) is 1. The van der Waals surface area contributed by atoms with Gasteiger partial charge in [0.25, 0.3) is 0 Å². The summed E-state index contributed by atoms with van der Waals surface area (Å²) in [5, 5.41) is 4.82. The van der Waals surface area contributed by atoms with Crippen molar-refractivity contribution in [3.8, 4) is 5.75 Å². The van der Waals surface area contributed by atoms with E-state index in [2.05, 4.69) is 41.7 Å². The highest BCUT2D eigenvalue weighted by Crippen LogP contribution is 2.36. The number of halogens is 1. The molecule has 4 rings (SSSR count). The summed E-state index contributed by atoms with van der Waals surface area (Å²) in [6, 6.07) is 15.0. The van der Waals surface area contributed by atoms with Crippen LogP contribution in [0.3, 0.4) is 0 Å². The molecule has 3 aromatic rings. The Morgan fingerprint density at radius 1 is 1.19 bits per heavy atom. The second-order valence-electron chi connectivity index (χ2n) is 6.86. The smallest absolute Gasteiger partial charge is 0.134 e. The number of fused-ring (bicyclic) bond motifs is 2. The van der Waals surface area contributed by atoms with E-state index in [1.807, 2.05) is 6.07 Å². The maximum Gasteiger partial charge on any atom is 0.134 e. The molecular formula is C22H26ClNO2. The van der Waals surface area contributed by atoms with Crippen LogP contribution in [-0.4, -0.2) is 20.2 Å². The Bertz CT molecular complexity index is 858. The van der Waals surface area contributed by atoms with Crippen LogP contribution in [0.15, 0.2) is 53.1 Å². The fourth-order valence-electron chi connectivity index (χ4n) is 3.98. The zero-order valence-electron chi connectivity index (χ0n) is 15.2. The highest BCUT2D eigenvalue weighted by molar-refractivity contribution is 5.85. The fraction of sp³-hybridized carbons (Fsp3) is 0.364. The number of furan rings is 1. The summed E-state index contributed by atoms with van der Waals surface area (Å²) in [7, 11) is 1.77. The Balaban J connectivity index is 0.00000196. The van der Waals surface area contributed by atoms with Gasteiger partial charge in [-0.3, -0.25) is 0 Å². The van der Waals surface area contributed by atoms with Crippen molar-refractivity contribution < 1.29 is 9.15 Å². The summed E-state index contributed by atoms with van der Waals surface area (Å²) in [5.41, 5.74) is 5.17. The summed E-state index contributed by atoms with van der Waals surface area (Å²) in [5.74, 6) is 1.64. The van der Waals surface area contributed by atoms with Crippen LogP contribution >= 0.6 is 12.4 Å². The molecule has 1 aliphatic carbocycles. The third-order valence-electron chi connectivity index (χ3n) is 5.31. The molecule has 2 aromatic carbocycles. The number of methoxy groups -OCH3 is 1. The third-order valence-corrected chi connectivity index (χ3v) is 5.31. The average Bonchev–Trinajstić information content (AvgIpc) is 3.12. The van der Waals surface area contributed by atoms with Crippen molar-refractivity contribution in [2.24, 2.45) is 0 Å². The lowest BCUT2D eigenvalue weighted by molar-refractivity contribution is 0.401. The monoisotopic (exact) mass is 371 g/mol. The Kier molecular flexibility index (Phi) is 6.23. The molecule has 1 aromatic heterocycles. The zero-order chi connectivity index (χ0) is 17.1. The first-order valence-corrected chi connectivity index (χ1v) is 9.18. The highest BCUT2D eigenvalue weighted by Gasteiger charge is 2.22. The van der Waals surface area contributed by atoms with Gasteiger partial charge in [0, 0.05) is 11.9 Å². The van der Waals surface area contributed by atoms with Crippen LogP contribution in [0.1, 0.15) is 35.4 Å². The SMILES string of the molecule is COc1cccc2c1CCCC2CNCCc1ccc2ccoc2c1.Cl. The number of nitrogens with one attached hydrogen (secondary N) is 1. The summed E-state index contributed by atoms with van der Waals surface area (Å²) < 4.78 is 11.0. The summed E-state index contributed by atoms with van der Waals surface area (Å²) >= 11 is 0. The van der Waals surface area contributed by atoms with Crippen molar-refractivity contribution in [2.45, 2.75) is 31.6 Å². The molecule has 0 saturated heterocycles. The summed E-state index contributed by atoms with van der Waals surface area (Å²) in [4.78, 5) is 0. The Morgan fingerprint density at radius 2 is 2.12 bits per heavy atom. The van der Waals surface area contributed by atoms with Gasteiger partial charge < -0.3 is 14.5 Å². The van der Waals surface area contributed by atoms with Gasteiger partial charge in [-0.15, -0.1) is 12.4 Å². The van der Waals surface area contributed by atoms with Gasteiger partial charge in [-0.1, -0.05) is 24.3 Å². The van der Waals surface area contributed by atoms with Gasteiger partial charge in [0.2, 0.25) is 0 Å². The molecule has 1 atom stereocenters. The van der Waals surface area contributed by atoms with Gasteiger partial charge in [-0.2, -0.15) is 0 Å². The highest BCUT2D eigenvalue weighted by atomic mass is 35.5. The predicted molar refractivity (Wildman–Crippen MR) is 109 cm³/mol. The molecule has 1 N–H and O–H groups in total. The summed E-state index contributed by atoms with van der Waals surface area (Å²) in [6.45, 7) is 2.02. The third kappa shape index (κ3) is 3.89. The first kappa shape index (κ1) is 18.8. The van der Waals surface area contributed by atoms with E-state index in [1.165, 1.54) is 34.9 Å². The van der Waals surface area contributed by atoms with E-state index in [1.54, 1.807) is 13.4 Å².